The highest BCUT2D eigenvalue weighted by molar-refractivity contribution is 5.26. The third-order valence-electron chi connectivity index (χ3n) is 5.99. The van der Waals surface area contributed by atoms with Crippen molar-refractivity contribution in [1.29, 1.82) is 0 Å². The highest BCUT2D eigenvalue weighted by atomic mass is 19.2. The zero-order valence-electron chi connectivity index (χ0n) is 14.5. The monoisotopic (exact) mass is 336 g/mol. The van der Waals surface area contributed by atoms with E-state index in [1.165, 1.54) is 38.5 Å². The summed E-state index contributed by atoms with van der Waals surface area (Å²) in [6.07, 6.45) is 12.9. The van der Waals surface area contributed by atoms with Crippen LogP contribution in [0.5, 0.6) is 0 Å². The van der Waals surface area contributed by atoms with E-state index < -0.39 is 17.5 Å². The minimum Gasteiger partial charge on any atom is -0.204 e. The molecule has 1 fully saturated rings. The van der Waals surface area contributed by atoms with Crippen molar-refractivity contribution in [3.63, 3.8) is 0 Å². The molecule has 132 valence electrons. The van der Waals surface area contributed by atoms with Gasteiger partial charge in [-0.25, -0.2) is 13.2 Å². The predicted octanol–water partition coefficient (Wildman–Crippen LogP) is 6.90. The number of benzene rings is 1. The molecule has 2 aliphatic rings. The van der Waals surface area contributed by atoms with Gasteiger partial charge in [-0.2, -0.15) is 0 Å². The Morgan fingerprint density at radius 1 is 0.917 bits per heavy atom. The summed E-state index contributed by atoms with van der Waals surface area (Å²) < 4.78 is 40.0. The topological polar surface area (TPSA) is 0 Å². The van der Waals surface area contributed by atoms with Crippen molar-refractivity contribution in [3.8, 4) is 0 Å². The first kappa shape index (κ1) is 17.6. The lowest BCUT2D eigenvalue weighted by Crippen LogP contribution is -2.18. The van der Waals surface area contributed by atoms with Crippen LogP contribution in [0.3, 0.4) is 0 Å². The molecule has 0 amide bonds. The Morgan fingerprint density at radius 2 is 1.58 bits per heavy atom. The van der Waals surface area contributed by atoms with Crippen LogP contribution >= 0.6 is 0 Å². The lowest BCUT2D eigenvalue weighted by molar-refractivity contribution is 0.279. The molecule has 0 bridgehead atoms. The fourth-order valence-corrected chi connectivity index (χ4v) is 4.57. The summed E-state index contributed by atoms with van der Waals surface area (Å²) in [5.41, 5.74) is 2.14. The molecule has 0 aliphatic heterocycles. The molecule has 1 saturated carbocycles. The standard InChI is InChI=1S/C21H27F3/c1-2-3-14-4-6-15(7-5-14)16-8-10-17(11-9-16)18-12-19(22)21(24)20(23)13-18/h8,12-15,17H,2-7,9-11H2,1H3. The molecule has 3 rings (SSSR count). The molecule has 3 heteroatoms. The summed E-state index contributed by atoms with van der Waals surface area (Å²) in [6, 6.07) is 2.33. The number of allylic oxidation sites excluding steroid dienone is 2. The van der Waals surface area contributed by atoms with E-state index in [0.717, 1.165) is 37.3 Å². The van der Waals surface area contributed by atoms with Crippen molar-refractivity contribution in [2.45, 2.75) is 70.6 Å². The normalized spacial score (nSPS) is 27.8. The number of hydrogen-bond acceptors (Lipinski definition) is 0. The van der Waals surface area contributed by atoms with Crippen LogP contribution in [0.25, 0.3) is 0 Å². The van der Waals surface area contributed by atoms with Gasteiger partial charge in [0, 0.05) is 0 Å². The van der Waals surface area contributed by atoms with Gasteiger partial charge >= 0.3 is 0 Å². The van der Waals surface area contributed by atoms with E-state index in [1.54, 1.807) is 5.57 Å². The van der Waals surface area contributed by atoms with Crippen LogP contribution in [0.4, 0.5) is 13.2 Å². The molecule has 0 N–H and O–H groups in total. The van der Waals surface area contributed by atoms with Crippen molar-refractivity contribution in [2.24, 2.45) is 11.8 Å². The Labute approximate surface area is 143 Å². The molecule has 1 unspecified atom stereocenters. The summed E-state index contributed by atoms with van der Waals surface area (Å²) in [5.74, 6) is -1.79. The van der Waals surface area contributed by atoms with E-state index in [4.69, 9.17) is 0 Å². The molecule has 24 heavy (non-hydrogen) atoms. The number of rotatable bonds is 4. The molecule has 0 radical (unpaired) electrons. The van der Waals surface area contributed by atoms with Gasteiger partial charge in [0.1, 0.15) is 0 Å². The zero-order chi connectivity index (χ0) is 17.1. The largest absolute Gasteiger partial charge is 0.204 e. The van der Waals surface area contributed by atoms with Crippen LogP contribution in [-0.4, -0.2) is 0 Å². The van der Waals surface area contributed by atoms with Crippen molar-refractivity contribution < 1.29 is 13.2 Å². The fraction of sp³-hybridized carbons (Fsp3) is 0.619. The molecule has 0 spiro atoms. The van der Waals surface area contributed by atoms with Crippen LogP contribution in [0.15, 0.2) is 23.8 Å². The first-order valence-electron chi connectivity index (χ1n) is 9.41. The Hall–Kier alpha value is -1.25. The molecular weight excluding hydrogens is 309 g/mol. The molecule has 0 heterocycles. The molecule has 2 aliphatic carbocycles. The lowest BCUT2D eigenvalue weighted by atomic mass is 9.73. The van der Waals surface area contributed by atoms with Gasteiger partial charge in [-0.05, 0) is 80.4 Å². The summed E-state index contributed by atoms with van der Waals surface area (Å²) in [5, 5.41) is 0. The van der Waals surface area contributed by atoms with Crippen molar-refractivity contribution in [2.75, 3.05) is 0 Å². The first-order valence-corrected chi connectivity index (χ1v) is 9.41. The number of halogens is 3. The van der Waals surface area contributed by atoms with Crippen molar-refractivity contribution in [1.82, 2.24) is 0 Å². The van der Waals surface area contributed by atoms with Crippen LogP contribution in [0, 0.1) is 29.3 Å². The third-order valence-corrected chi connectivity index (χ3v) is 5.99. The van der Waals surface area contributed by atoms with Crippen molar-refractivity contribution in [3.05, 3.63) is 46.8 Å². The molecule has 1 aromatic carbocycles. The van der Waals surface area contributed by atoms with E-state index in [-0.39, 0.29) is 5.92 Å². The van der Waals surface area contributed by atoms with Crippen LogP contribution in [0.2, 0.25) is 0 Å². The second-order valence-electron chi connectivity index (χ2n) is 7.56. The van der Waals surface area contributed by atoms with Gasteiger partial charge in [-0.15, -0.1) is 0 Å². The van der Waals surface area contributed by atoms with Gasteiger partial charge in [-0.1, -0.05) is 31.4 Å². The Balaban J connectivity index is 1.60. The Morgan fingerprint density at radius 3 is 2.12 bits per heavy atom. The lowest BCUT2D eigenvalue weighted by Gasteiger charge is -2.33. The highest BCUT2D eigenvalue weighted by Crippen LogP contribution is 2.41. The third kappa shape index (κ3) is 3.87. The van der Waals surface area contributed by atoms with E-state index in [9.17, 15) is 13.2 Å². The van der Waals surface area contributed by atoms with Crippen LogP contribution in [0.1, 0.15) is 76.2 Å². The van der Waals surface area contributed by atoms with E-state index in [2.05, 4.69) is 13.0 Å². The molecule has 0 saturated heterocycles. The summed E-state index contributed by atoms with van der Waals surface area (Å²) in [4.78, 5) is 0. The molecule has 1 aromatic rings. The van der Waals surface area contributed by atoms with Gasteiger partial charge in [0.15, 0.2) is 17.5 Å². The Bertz CT molecular complexity index is 574. The molecule has 1 atom stereocenters. The van der Waals surface area contributed by atoms with Gasteiger partial charge < -0.3 is 0 Å². The second-order valence-corrected chi connectivity index (χ2v) is 7.56. The average molecular weight is 336 g/mol. The maximum absolute atomic E-state index is 13.4. The van der Waals surface area contributed by atoms with Crippen LogP contribution < -0.4 is 0 Å². The van der Waals surface area contributed by atoms with Crippen molar-refractivity contribution >= 4 is 0 Å². The minimum atomic E-state index is -1.37. The summed E-state index contributed by atoms with van der Waals surface area (Å²) >= 11 is 0. The quantitative estimate of drug-likeness (QED) is 0.414. The maximum atomic E-state index is 13.4. The van der Waals surface area contributed by atoms with Gasteiger partial charge in [0.25, 0.3) is 0 Å². The van der Waals surface area contributed by atoms with Gasteiger partial charge in [-0.3, -0.25) is 0 Å². The molecule has 0 aromatic heterocycles. The van der Waals surface area contributed by atoms with E-state index in [1.807, 2.05) is 0 Å². The van der Waals surface area contributed by atoms with E-state index >= 15 is 0 Å². The Kier molecular flexibility index (Phi) is 5.68. The second kappa shape index (κ2) is 7.76. The fourth-order valence-electron chi connectivity index (χ4n) is 4.57. The highest BCUT2D eigenvalue weighted by Gasteiger charge is 2.26. The van der Waals surface area contributed by atoms with Gasteiger partial charge in [0.2, 0.25) is 0 Å². The molecule has 0 nitrogen and oxygen atoms in total. The smallest absolute Gasteiger partial charge is 0.194 e. The molecular formula is C21H27F3. The maximum Gasteiger partial charge on any atom is 0.194 e. The summed E-state index contributed by atoms with van der Waals surface area (Å²) in [7, 11) is 0. The summed E-state index contributed by atoms with van der Waals surface area (Å²) in [6.45, 7) is 2.26. The average Bonchev–Trinajstić information content (AvgIpc) is 2.60. The van der Waals surface area contributed by atoms with Crippen LogP contribution in [-0.2, 0) is 0 Å². The SMILES string of the molecule is CCCC1CCC(C2=CCC(c3cc(F)c(F)c(F)c3)CC2)CC1. The predicted molar refractivity (Wildman–Crippen MR) is 91.3 cm³/mol. The number of hydrogen-bond donors (Lipinski definition) is 0. The minimum absolute atomic E-state index is 0.106. The van der Waals surface area contributed by atoms with E-state index in [0.29, 0.717) is 11.5 Å². The van der Waals surface area contributed by atoms with Gasteiger partial charge in [0.05, 0.1) is 0 Å². The first-order chi connectivity index (χ1) is 11.6. The zero-order valence-corrected chi connectivity index (χ0v) is 14.5.